The van der Waals surface area contributed by atoms with E-state index in [-0.39, 0.29) is 5.41 Å². The average molecular weight is 270 g/mol. The second-order valence-corrected chi connectivity index (χ2v) is 5.41. The number of hydrogen-bond acceptors (Lipinski definition) is 2. The number of rotatable bonds is 4. The Morgan fingerprint density at radius 2 is 1.93 bits per heavy atom. The van der Waals surface area contributed by atoms with Gasteiger partial charge in [-0.25, -0.2) is 0 Å². The molecule has 0 aliphatic heterocycles. The zero-order valence-electron chi connectivity index (χ0n) is 8.91. The lowest BCUT2D eigenvalue weighted by atomic mass is 10.1. The number of aliphatic hydroxyl groups is 1. The zero-order chi connectivity index (χ0) is 10.9. The van der Waals surface area contributed by atoms with Gasteiger partial charge in [0.25, 0.3) is 0 Å². The largest absolute Gasteiger partial charge is 0.396 e. The van der Waals surface area contributed by atoms with Crippen molar-refractivity contribution in [1.82, 2.24) is 0 Å². The molecule has 0 amide bonds. The number of anilines is 1. The summed E-state index contributed by atoms with van der Waals surface area (Å²) < 4.78 is 1.10. The van der Waals surface area contributed by atoms with Crippen LogP contribution >= 0.6 is 15.9 Å². The van der Waals surface area contributed by atoms with Crippen LogP contribution < -0.4 is 4.90 Å². The van der Waals surface area contributed by atoms with E-state index in [2.05, 4.69) is 40.0 Å². The first kappa shape index (κ1) is 11.0. The molecule has 1 aromatic carbocycles. The van der Waals surface area contributed by atoms with Gasteiger partial charge >= 0.3 is 0 Å². The Labute approximate surface area is 99.0 Å². The maximum atomic E-state index is 9.26. The van der Waals surface area contributed by atoms with Crippen molar-refractivity contribution in [2.24, 2.45) is 5.41 Å². The van der Waals surface area contributed by atoms with E-state index in [0.29, 0.717) is 6.61 Å². The van der Waals surface area contributed by atoms with E-state index in [0.717, 1.165) is 23.9 Å². The third-order valence-corrected chi connectivity index (χ3v) is 3.66. The highest BCUT2D eigenvalue weighted by Gasteiger charge is 2.42. The molecule has 0 radical (unpaired) electrons. The van der Waals surface area contributed by atoms with E-state index in [1.54, 1.807) is 0 Å². The Morgan fingerprint density at radius 3 is 2.40 bits per heavy atom. The summed E-state index contributed by atoms with van der Waals surface area (Å²) in [5.74, 6) is 0. The lowest BCUT2D eigenvalue weighted by molar-refractivity contribution is 0.215. The van der Waals surface area contributed by atoms with Crippen LogP contribution in [0.4, 0.5) is 5.69 Å². The number of aliphatic hydroxyl groups excluding tert-OH is 1. The molecule has 1 aliphatic rings. The van der Waals surface area contributed by atoms with Gasteiger partial charge in [-0.15, -0.1) is 0 Å². The molecule has 0 heterocycles. The summed E-state index contributed by atoms with van der Waals surface area (Å²) in [6.07, 6.45) is 2.31. The van der Waals surface area contributed by atoms with Crippen LogP contribution in [0.1, 0.15) is 12.8 Å². The van der Waals surface area contributed by atoms with Crippen LogP contribution in [0.3, 0.4) is 0 Å². The van der Waals surface area contributed by atoms with Gasteiger partial charge in [0.2, 0.25) is 0 Å². The molecular weight excluding hydrogens is 254 g/mol. The van der Waals surface area contributed by atoms with Crippen LogP contribution in [-0.4, -0.2) is 25.3 Å². The Morgan fingerprint density at radius 1 is 1.33 bits per heavy atom. The van der Waals surface area contributed by atoms with Crippen LogP contribution in [-0.2, 0) is 0 Å². The highest BCUT2D eigenvalue weighted by molar-refractivity contribution is 9.10. The van der Waals surface area contributed by atoms with Crippen LogP contribution in [0.2, 0.25) is 0 Å². The molecule has 3 heteroatoms. The fraction of sp³-hybridized carbons (Fsp3) is 0.500. The highest BCUT2D eigenvalue weighted by atomic mass is 79.9. The van der Waals surface area contributed by atoms with E-state index >= 15 is 0 Å². The molecule has 0 saturated heterocycles. The molecule has 1 aromatic rings. The van der Waals surface area contributed by atoms with Gasteiger partial charge in [-0.05, 0) is 37.1 Å². The summed E-state index contributed by atoms with van der Waals surface area (Å²) in [4.78, 5) is 2.22. The summed E-state index contributed by atoms with van der Waals surface area (Å²) in [5, 5.41) is 9.26. The smallest absolute Gasteiger partial charge is 0.0504 e. The maximum Gasteiger partial charge on any atom is 0.0504 e. The molecule has 1 N–H and O–H groups in total. The van der Waals surface area contributed by atoms with Crippen LogP contribution in [0.15, 0.2) is 28.7 Å². The van der Waals surface area contributed by atoms with Gasteiger partial charge in [-0.2, -0.15) is 0 Å². The molecule has 2 rings (SSSR count). The minimum atomic E-state index is 0.182. The van der Waals surface area contributed by atoms with Crippen LogP contribution in [0, 0.1) is 5.41 Å². The van der Waals surface area contributed by atoms with Gasteiger partial charge in [0, 0.05) is 29.2 Å². The minimum Gasteiger partial charge on any atom is -0.396 e. The summed E-state index contributed by atoms with van der Waals surface area (Å²) in [6.45, 7) is 1.26. The van der Waals surface area contributed by atoms with Gasteiger partial charge in [0.05, 0.1) is 6.61 Å². The van der Waals surface area contributed by atoms with Crippen molar-refractivity contribution in [3.8, 4) is 0 Å². The second-order valence-electron chi connectivity index (χ2n) is 4.49. The van der Waals surface area contributed by atoms with E-state index in [1.807, 2.05) is 12.1 Å². The molecule has 0 atom stereocenters. The third-order valence-electron chi connectivity index (χ3n) is 3.13. The minimum absolute atomic E-state index is 0.182. The summed E-state index contributed by atoms with van der Waals surface area (Å²) in [6, 6.07) is 8.28. The maximum absolute atomic E-state index is 9.26. The molecule has 15 heavy (non-hydrogen) atoms. The fourth-order valence-corrected chi connectivity index (χ4v) is 2.10. The van der Waals surface area contributed by atoms with E-state index < -0.39 is 0 Å². The normalized spacial score (nSPS) is 17.5. The Kier molecular flexibility index (Phi) is 3.03. The predicted octanol–water partition coefficient (Wildman–Crippen LogP) is 2.66. The average Bonchev–Trinajstić information content (AvgIpc) is 2.99. The van der Waals surface area contributed by atoms with E-state index in [4.69, 9.17) is 0 Å². The Bertz CT molecular complexity index is 332. The molecule has 2 nitrogen and oxygen atoms in total. The molecule has 1 fully saturated rings. The summed E-state index contributed by atoms with van der Waals surface area (Å²) in [7, 11) is 2.08. The number of hydrogen-bond donors (Lipinski definition) is 1. The first-order valence-corrected chi connectivity index (χ1v) is 6.02. The number of benzene rings is 1. The van der Waals surface area contributed by atoms with Gasteiger partial charge in [0.1, 0.15) is 0 Å². The van der Waals surface area contributed by atoms with Crippen molar-refractivity contribution < 1.29 is 5.11 Å². The molecule has 82 valence electrons. The molecule has 0 unspecified atom stereocenters. The van der Waals surface area contributed by atoms with E-state index in [9.17, 15) is 5.11 Å². The first-order chi connectivity index (χ1) is 7.15. The monoisotopic (exact) mass is 269 g/mol. The Balaban J connectivity index is 2.01. The first-order valence-electron chi connectivity index (χ1n) is 5.23. The van der Waals surface area contributed by atoms with Crippen molar-refractivity contribution in [3.63, 3.8) is 0 Å². The third kappa shape index (κ3) is 2.52. The van der Waals surface area contributed by atoms with Crippen molar-refractivity contribution in [1.29, 1.82) is 0 Å². The van der Waals surface area contributed by atoms with Gasteiger partial charge in [0.15, 0.2) is 0 Å². The van der Waals surface area contributed by atoms with E-state index in [1.165, 1.54) is 5.69 Å². The van der Waals surface area contributed by atoms with Gasteiger partial charge in [-0.1, -0.05) is 15.9 Å². The standard InChI is InChI=1S/C12H16BrNO/c1-14(8-12(9-15)6-7-12)11-4-2-10(13)3-5-11/h2-5,15H,6-9H2,1H3. The molecule has 1 aliphatic carbocycles. The SMILES string of the molecule is CN(CC1(CO)CC1)c1ccc(Br)cc1. The van der Waals surface area contributed by atoms with Crippen LogP contribution in [0.25, 0.3) is 0 Å². The molecule has 1 saturated carbocycles. The topological polar surface area (TPSA) is 23.5 Å². The van der Waals surface area contributed by atoms with Gasteiger partial charge < -0.3 is 10.0 Å². The van der Waals surface area contributed by atoms with Crippen molar-refractivity contribution in [3.05, 3.63) is 28.7 Å². The summed E-state index contributed by atoms with van der Waals surface area (Å²) in [5.41, 5.74) is 1.39. The number of nitrogens with zero attached hydrogens (tertiary/aromatic N) is 1. The van der Waals surface area contributed by atoms with Crippen molar-refractivity contribution in [2.75, 3.05) is 25.1 Å². The Hall–Kier alpha value is -0.540. The fourth-order valence-electron chi connectivity index (χ4n) is 1.83. The molecule has 0 spiro atoms. The van der Waals surface area contributed by atoms with Gasteiger partial charge in [-0.3, -0.25) is 0 Å². The zero-order valence-corrected chi connectivity index (χ0v) is 10.5. The molecular formula is C12H16BrNO. The quantitative estimate of drug-likeness (QED) is 0.909. The second kappa shape index (κ2) is 4.14. The lowest BCUT2D eigenvalue weighted by Crippen LogP contribution is -2.28. The van der Waals surface area contributed by atoms with Crippen LogP contribution in [0.5, 0.6) is 0 Å². The number of halogens is 1. The lowest BCUT2D eigenvalue weighted by Gasteiger charge is -2.24. The van der Waals surface area contributed by atoms with Crippen molar-refractivity contribution in [2.45, 2.75) is 12.8 Å². The molecule has 0 aromatic heterocycles. The predicted molar refractivity (Wildman–Crippen MR) is 66.2 cm³/mol. The summed E-state index contributed by atoms with van der Waals surface area (Å²) >= 11 is 3.42. The highest BCUT2D eigenvalue weighted by Crippen LogP contribution is 2.45. The molecule has 0 bridgehead atoms. The van der Waals surface area contributed by atoms with Crippen molar-refractivity contribution >= 4 is 21.6 Å².